The Morgan fingerprint density at radius 2 is 1.45 bits per heavy atom. The molecule has 4 N–H and O–H groups in total. The molecule has 0 unspecified atom stereocenters. The van der Waals surface area contributed by atoms with Gasteiger partial charge in [-0.25, -0.2) is 9.59 Å². The maximum atomic E-state index is 12.7. The second kappa shape index (κ2) is 12.9. The number of amides is 2. The smallest absolute Gasteiger partial charge is 0.336 e. The van der Waals surface area contributed by atoms with Gasteiger partial charge in [-0.15, -0.1) is 0 Å². The third-order valence-electron chi connectivity index (χ3n) is 8.66. The van der Waals surface area contributed by atoms with Crippen LogP contribution >= 0.6 is 0 Å². The van der Waals surface area contributed by atoms with Crippen LogP contribution < -0.4 is 4.90 Å². The summed E-state index contributed by atoms with van der Waals surface area (Å²) in [6.45, 7) is 4.94. The maximum Gasteiger partial charge on any atom is 0.336 e. The number of carbonyl (C=O) groups is 4. The number of rotatable bonds is 9. The molecule has 0 bridgehead atoms. The van der Waals surface area contributed by atoms with Crippen molar-refractivity contribution in [3.8, 4) is 0 Å². The fraction of sp³-hybridized carbons (Fsp3) is 0.484. The second-order valence-electron chi connectivity index (χ2n) is 11.5. The third kappa shape index (κ3) is 6.91. The Kier molecular flexibility index (Phi) is 9.53. The van der Waals surface area contributed by atoms with E-state index in [0.717, 1.165) is 25.2 Å². The predicted octanol–water partition coefficient (Wildman–Crippen LogP) is 3.18. The van der Waals surface area contributed by atoms with Gasteiger partial charge < -0.3 is 30.2 Å². The molecule has 1 saturated heterocycles. The van der Waals surface area contributed by atoms with Gasteiger partial charge in [-0.2, -0.15) is 0 Å². The van der Waals surface area contributed by atoms with E-state index in [1.807, 2.05) is 22.9 Å². The molecule has 2 heterocycles. The van der Waals surface area contributed by atoms with Crippen molar-refractivity contribution < 1.29 is 39.6 Å². The number of anilines is 1. The number of aryl methyl sites for hydroxylation is 1. The van der Waals surface area contributed by atoms with Crippen LogP contribution in [0.1, 0.15) is 55.2 Å². The number of carboxylic acids is 3. The molecular formula is C31H39N3O8. The van der Waals surface area contributed by atoms with Crippen molar-refractivity contribution in [1.29, 1.82) is 0 Å². The van der Waals surface area contributed by atoms with Crippen LogP contribution in [-0.2, 0) is 32.8 Å². The van der Waals surface area contributed by atoms with Gasteiger partial charge in [-0.05, 0) is 79.9 Å². The molecule has 0 aromatic heterocycles. The standard InChI is InChI=1S/C25H31N3O.C6H8O7/c1-26-19-21-8-3-5-10-23(21)28(24(26)29)16-6-15-27-17-13-25(14-18-27)12-11-20-7-2-4-9-22(20)25;7-3(8)1-6(13,5(11)12)2-4(9)10/h2-5,7-10H,6,11-19H2,1H3;13H,1-2H2,(H,7,8)(H,9,10)(H,11,12). The summed E-state index contributed by atoms with van der Waals surface area (Å²) in [6, 6.07) is 17.5. The molecule has 11 heteroatoms. The van der Waals surface area contributed by atoms with Gasteiger partial charge in [0.25, 0.3) is 0 Å². The Hall–Kier alpha value is -3.96. The van der Waals surface area contributed by atoms with E-state index in [-0.39, 0.29) is 6.03 Å². The summed E-state index contributed by atoms with van der Waals surface area (Å²) < 4.78 is 0. The van der Waals surface area contributed by atoms with Gasteiger partial charge in [-0.3, -0.25) is 14.5 Å². The number of piperidine rings is 1. The SMILES string of the molecule is CN1Cc2ccccc2N(CCCN2CCC3(CCc4ccccc43)CC2)C1=O.O=C(O)CC(O)(CC(=O)O)C(=O)O. The molecule has 2 amide bonds. The van der Waals surface area contributed by atoms with Crippen molar-refractivity contribution in [2.45, 2.75) is 62.5 Å². The third-order valence-corrected chi connectivity index (χ3v) is 8.66. The molecule has 2 aromatic carbocycles. The first kappa shape index (κ1) is 31.0. The lowest BCUT2D eigenvalue weighted by atomic mass is 9.74. The van der Waals surface area contributed by atoms with Crippen molar-refractivity contribution in [2.75, 3.05) is 38.1 Å². The number of urea groups is 1. The van der Waals surface area contributed by atoms with E-state index in [2.05, 4.69) is 47.4 Å². The molecule has 226 valence electrons. The van der Waals surface area contributed by atoms with Gasteiger partial charge in [0.2, 0.25) is 0 Å². The Balaban J connectivity index is 0.000000266. The highest BCUT2D eigenvalue weighted by atomic mass is 16.4. The predicted molar refractivity (Wildman–Crippen MR) is 154 cm³/mol. The van der Waals surface area contributed by atoms with Gasteiger partial charge in [-0.1, -0.05) is 42.5 Å². The number of para-hydroxylation sites is 1. The zero-order valence-corrected chi connectivity index (χ0v) is 23.9. The minimum absolute atomic E-state index is 0.129. The molecule has 11 nitrogen and oxygen atoms in total. The zero-order valence-electron chi connectivity index (χ0n) is 23.9. The fourth-order valence-corrected chi connectivity index (χ4v) is 6.41. The van der Waals surface area contributed by atoms with Crippen molar-refractivity contribution >= 4 is 29.6 Å². The second-order valence-corrected chi connectivity index (χ2v) is 11.5. The van der Waals surface area contributed by atoms with Gasteiger partial charge in [0.05, 0.1) is 18.5 Å². The van der Waals surface area contributed by atoms with E-state index in [9.17, 15) is 19.2 Å². The van der Waals surface area contributed by atoms with Crippen molar-refractivity contribution in [3.63, 3.8) is 0 Å². The lowest BCUT2D eigenvalue weighted by molar-refractivity contribution is -0.170. The van der Waals surface area contributed by atoms with Crippen LogP contribution in [-0.4, -0.2) is 93.0 Å². The molecule has 0 saturated carbocycles. The summed E-state index contributed by atoms with van der Waals surface area (Å²) in [4.78, 5) is 49.6. The number of fused-ring (bicyclic) bond motifs is 3. The van der Waals surface area contributed by atoms with Gasteiger partial charge in [0.1, 0.15) is 0 Å². The van der Waals surface area contributed by atoms with Crippen LogP contribution in [0.5, 0.6) is 0 Å². The molecule has 1 fully saturated rings. The number of aliphatic hydroxyl groups is 1. The number of carboxylic acid groups (broad SMARTS) is 3. The first-order chi connectivity index (χ1) is 19.9. The van der Waals surface area contributed by atoms with Crippen molar-refractivity contribution in [1.82, 2.24) is 9.80 Å². The van der Waals surface area contributed by atoms with E-state index in [1.54, 1.807) is 11.1 Å². The monoisotopic (exact) mass is 581 g/mol. The summed E-state index contributed by atoms with van der Waals surface area (Å²) in [5.74, 6) is -5.02. The molecule has 1 spiro atoms. The lowest BCUT2D eigenvalue weighted by Gasteiger charge is -2.40. The van der Waals surface area contributed by atoms with Crippen LogP contribution in [0, 0.1) is 0 Å². The summed E-state index contributed by atoms with van der Waals surface area (Å²) in [5, 5.41) is 33.8. The molecule has 2 aliphatic heterocycles. The molecule has 1 aliphatic carbocycles. The van der Waals surface area contributed by atoms with E-state index in [0.29, 0.717) is 12.0 Å². The highest BCUT2D eigenvalue weighted by Crippen LogP contribution is 2.46. The van der Waals surface area contributed by atoms with Crippen LogP contribution in [0.15, 0.2) is 48.5 Å². The summed E-state index contributed by atoms with van der Waals surface area (Å²) in [6.07, 6.45) is 3.86. The number of hydrogen-bond acceptors (Lipinski definition) is 6. The number of likely N-dealkylation sites (tertiary alicyclic amines) is 1. The Morgan fingerprint density at radius 3 is 2.07 bits per heavy atom. The minimum atomic E-state index is -2.74. The number of hydrogen-bond donors (Lipinski definition) is 4. The van der Waals surface area contributed by atoms with E-state index >= 15 is 0 Å². The van der Waals surface area contributed by atoms with Gasteiger partial charge >= 0.3 is 23.9 Å². The van der Waals surface area contributed by atoms with Gasteiger partial charge in [0, 0.05) is 20.1 Å². The summed E-state index contributed by atoms with van der Waals surface area (Å²) >= 11 is 0. The van der Waals surface area contributed by atoms with Crippen LogP contribution in [0.2, 0.25) is 0 Å². The average molecular weight is 582 g/mol. The first-order valence-electron chi connectivity index (χ1n) is 14.2. The quantitative estimate of drug-likeness (QED) is 0.349. The van der Waals surface area contributed by atoms with Gasteiger partial charge in [0.15, 0.2) is 5.60 Å². The number of benzene rings is 2. The van der Waals surface area contributed by atoms with E-state index in [4.69, 9.17) is 20.4 Å². The molecule has 5 rings (SSSR count). The lowest BCUT2D eigenvalue weighted by Crippen LogP contribution is -2.47. The Bertz CT molecular complexity index is 1300. The van der Waals surface area contributed by atoms with Crippen LogP contribution in [0.25, 0.3) is 0 Å². The minimum Gasteiger partial charge on any atom is -0.481 e. The molecule has 0 radical (unpaired) electrons. The first-order valence-corrected chi connectivity index (χ1v) is 14.2. The Morgan fingerprint density at radius 1 is 0.857 bits per heavy atom. The summed E-state index contributed by atoms with van der Waals surface area (Å²) in [5.41, 5.74) is 3.23. The topological polar surface area (TPSA) is 159 Å². The highest BCUT2D eigenvalue weighted by molar-refractivity contribution is 5.94. The van der Waals surface area contributed by atoms with E-state index in [1.165, 1.54) is 44.3 Å². The Labute approximate surface area is 245 Å². The van der Waals surface area contributed by atoms with Crippen molar-refractivity contribution in [2.24, 2.45) is 0 Å². The molecule has 3 aliphatic rings. The number of aliphatic carboxylic acids is 3. The van der Waals surface area contributed by atoms with Crippen LogP contribution in [0.4, 0.5) is 10.5 Å². The molecule has 42 heavy (non-hydrogen) atoms. The largest absolute Gasteiger partial charge is 0.481 e. The average Bonchev–Trinajstić information content (AvgIpc) is 3.29. The molecule has 2 aromatic rings. The normalized spacial score (nSPS) is 17.7. The zero-order chi connectivity index (χ0) is 30.5. The fourth-order valence-electron chi connectivity index (χ4n) is 6.41. The van der Waals surface area contributed by atoms with Crippen LogP contribution in [0.3, 0.4) is 0 Å². The highest BCUT2D eigenvalue weighted by Gasteiger charge is 2.41. The van der Waals surface area contributed by atoms with E-state index < -0.39 is 36.4 Å². The number of carbonyl (C=O) groups excluding carboxylic acids is 1. The maximum absolute atomic E-state index is 12.7. The molecular weight excluding hydrogens is 542 g/mol. The number of nitrogens with zero attached hydrogens (tertiary/aromatic N) is 3. The van der Waals surface area contributed by atoms with Crippen molar-refractivity contribution in [3.05, 3.63) is 65.2 Å². The molecule has 0 atom stereocenters. The summed E-state index contributed by atoms with van der Waals surface area (Å²) in [7, 11) is 1.90.